The lowest BCUT2D eigenvalue weighted by atomic mass is 9.85. The number of fused-ring (bicyclic) bond motifs is 3. The van der Waals surface area contributed by atoms with E-state index in [2.05, 4.69) is 187 Å². The molecule has 0 fully saturated rings. The molecular weight excluding hydrogens is 727 g/mol. The summed E-state index contributed by atoms with van der Waals surface area (Å²) in [5.74, 6) is 0.687. The second-order valence-electron chi connectivity index (χ2n) is 15.6. The van der Waals surface area contributed by atoms with Gasteiger partial charge in [0.1, 0.15) is 0 Å². The molecule has 12 aromatic rings. The van der Waals surface area contributed by atoms with Crippen molar-refractivity contribution in [2.45, 2.75) is 0 Å². The van der Waals surface area contributed by atoms with Crippen LogP contribution >= 0.6 is 0 Å². The Hall–Kier alpha value is -8.01. The summed E-state index contributed by atoms with van der Waals surface area (Å²) in [7, 11) is 0. The molecule has 0 bridgehead atoms. The van der Waals surface area contributed by atoms with Gasteiger partial charge in [-0.25, -0.2) is 9.97 Å². The Morgan fingerprint density at radius 2 is 0.833 bits per heavy atom. The van der Waals surface area contributed by atoms with E-state index in [4.69, 9.17) is 9.97 Å². The fourth-order valence-electron chi connectivity index (χ4n) is 9.27. The van der Waals surface area contributed by atoms with Crippen LogP contribution in [0.4, 0.5) is 0 Å². The van der Waals surface area contributed by atoms with Crippen LogP contribution in [0.15, 0.2) is 213 Å². The van der Waals surface area contributed by atoms with E-state index in [1.807, 2.05) is 30.6 Å². The summed E-state index contributed by atoms with van der Waals surface area (Å²) in [6.45, 7) is 0. The predicted octanol–water partition coefficient (Wildman–Crippen LogP) is 15.1. The van der Waals surface area contributed by atoms with Crippen molar-refractivity contribution >= 4 is 53.9 Å². The fraction of sp³-hybridized carbons (Fsp3) is 0. The molecule has 0 saturated heterocycles. The molecule has 3 heteroatoms. The molecule has 0 amide bonds. The number of hydrogen-bond acceptors (Lipinski definition) is 3. The van der Waals surface area contributed by atoms with Gasteiger partial charge in [-0.15, -0.1) is 0 Å². The fourth-order valence-corrected chi connectivity index (χ4v) is 9.27. The lowest BCUT2D eigenvalue weighted by Gasteiger charge is -2.18. The number of benzene rings is 10. The first-order valence-corrected chi connectivity index (χ1v) is 20.4. The number of aromatic nitrogens is 3. The molecule has 0 spiro atoms. The molecule has 278 valence electrons. The zero-order valence-corrected chi connectivity index (χ0v) is 32.5. The van der Waals surface area contributed by atoms with Gasteiger partial charge in [-0.05, 0) is 124 Å². The SMILES string of the molecule is c1ccc(-c2cc(-c3cccc(-c4ccncc4)c3)nc(-c3cccc(-c4ccc5ccc6c(-c7cc8ccccc8c8ccccc78)ccc7ccc4c5c76)c3)n2)cc1. The van der Waals surface area contributed by atoms with Crippen LogP contribution in [0.5, 0.6) is 0 Å². The average molecular weight is 762 g/mol. The Balaban J connectivity index is 1.02. The molecule has 2 heterocycles. The summed E-state index contributed by atoms with van der Waals surface area (Å²) in [5.41, 5.74) is 11.9. The van der Waals surface area contributed by atoms with Gasteiger partial charge in [0.2, 0.25) is 0 Å². The number of pyridine rings is 1. The maximum atomic E-state index is 5.25. The van der Waals surface area contributed by atoms with Crippen LogP contribution in [0.3, 0.4) is 0 Å². The minimum atomic E-state index is 0.687. The number of rotatable bonds is 6. The molecule has 0 saturated carbocycles. The molecule has 2 aromatic heterocycles. The van der Waals surface area contributed by atoms with Gasteiger partial charge in [0.25, 0.3) is 0 Å². The third-order valence-corrected chi connectivity index (χ3v) is 12.1. The van der Waals surface area contributed by atoms with E-state index >= 15 is 0 Å². The first-order valence-electron chi connectivity index (χ1n) is 20.4. The second-order valence-corrected chi connectivity index (χ2v) is 15.6. The quantitative estimate of drug-likeness (QED) is 0.158. The van der Waals surface area contributed by atoms with Gasteiger partial charge < -0.3 is 0 Å². The predicted molar refractivity (Wildman–Crippen MR) is 251 cm³/mol. The van der Waals surface area contributed by atoms with E-state index < -0.39 is 0 Å². The van der Waals surface area contributed by atoms with E-state index in [9.17, 15) is 0 Å². The summed E-state index contributed by atoms with van der Waals surface area (Å²) in [5, 5.41) is 12.7. The van der Waals surface area contributed by atoms with Gasteiger partial charge in [0, 0.05) is 29.1 Å². The number of hydrogen-bond donors (Lipinski definition) is 0. The van der Waals surface area contributed by atoms with Gasteiger partial charge in [-0.1, -0.05) is 164 Å². The molecule has 0 aliphatic rings. The monoisotopic (exact) mass is 761 g/mol. The van der Waals surface area contributed by atoms with Crippen molar-refractivity contribution in [2.75, 3.05) is 0 Å². The molecule has 3 nitrogen and oxygen atoms in total. The van der Waals surface area contributed by atoms with Crippen molar-refractivity contribution in [1.82, 2.24) is 15.0 Å². The molecule has 60 heavy (non-hydrogen) atoms. The molecular formula is C57H35N3. The standard InChI is InChI=1S/C57H35N3/c1-2-10-37(11-3-1)53-35-54(43-15-8-13-40(32-43)36-28-30-58-31-29-36)60-57(59-53)44-16-9-14-41(33-44)46-24-20-38-23-27-51-49(25-21-39-22-26-50(46)55(38)56(39)51)52-34-42-12-4-5-17-45(42)47-18-6-7-19-48(47)52/h1-35H. The lowest BCUT2D eigenvalue weighted by molar-refractivity contribution is 1.18. The van der Waals surface area contributed by atoms with Crippen LogP contribution in [0.25, 0.3) is 121 Å². The maximum absolute atomic E-state index is 5.25. The first-order chi connectivity index (χ1) is 29.7. The van der Waals surface area contributed by atoms with E-state index in [0.29, 0.717) is 5.82 Å². The Bertz CT molecular complexity index is 3590. The van der Waals surface area contributed by atoms with Crippen molar-refractivity contribution in [3.63, 3.8) is 0 Å². The molecule has 0 atom stereocenters. The molecule has 10 aromatic carbocycles. The summed E-state index contributed by atoms with van der Waals surface area (Å²) in [6, 6.07) is 72.1. The Kier molecular flexibility index (Phi) is 7.85. The Labute approximate surface area is 347 Å². The normalized spacial score (nSPS) is 11.7. The van der Waals surface area contributed by atoms with Crippen molar-refractivity contribution in [3.05, 3.63) is 213 Å². The largest absolute Gasteiger partial charge is 0.265 e. The summed E-state index contributed by atoms with van der Waals surface area (Å²) < 4.78 is 0. The van der Waals surface area contributed by atoms with E-state index in [1.54, 1.807) is 0 Å². The third-order valence-electron chi connectivity index (χ3n) is 12.1. The van der Waals surface area contributed by atoms with Gasteiger partial charge in [0.15, 0.2) is 5.82 Å². The second kappa shape index (κ2) is 13.8. The lowest BCUT2D eigenvalue weighted by Crippen LogP contribution is -1.96. The van der Waals surface area contributed by atoms with Crippen LogP contribution in [0.2, 0.25) is 0 Å². The summed E-state index contributed by atoms with van der Waals surface area (Å²) in [6.07, 6.45) is 3.66. The van der Waals surface area contributed by atoms with Gasteiger partial charge in [-0.3, -0.25) is 4.98 Å². The first kappa shape index (κ1) is 34.1. The zero-order chi connectivity index (χ0) is 39.6. The van der Waals surface area contributed by atoms with E-state index in [1.165, 1.54) is 70.6 Å². The van der Waals surface area contributed by atoms with Crippen molar-refractivity contribution in [1.29, 1.82) is 0 Å². The minimum absolute atomic E-state index is 0.687. The zero-order valence-electron chi connectivity index (χ0n) is 32.5. The smallest absolute Gasteiger partial charge is 0.160 e. The van der Waals surface area contributed by atoms with Crippen LogP contribution in [0, 0.1) is 0 Å². The highest BCUT2D eigenvalue weighted by molar-refractivity contribution is 6.28. The number of nitrogens with zero attached hydrogens (tertiary/aromatic N) is 3. The van der Waals surface area contributed by atoms with Gasteiger partial charge in [0.05, 0.1) is 11.4 Å². The van der Waals surface area contributed by atoms with E-state index in [-0.39, 0.29) is 0 Å². The molecule has 0 unspecified atom stereocenters. The van der Waals surface area contributed by atoms with Crippen molar-refractivity contribution in [2.24, 2.45) is 0 Å². The Morgan fingerprint density at radius 1 is 0.267 bits per heavy atom. The topological polar surface area (TPSA) is 38.7 Å². The van der Waals surface area contributed by atoms with Crippen molar-refractivity contribution < 1.29 is 0 Å². The highest BCUT2D eigenvalue weighted by Crippen LogP contribution is 2.45. The molecule has 12 rings (SSSR count). The third kappa shape index (κ3) is 5.63. The summed E-state index contributed by atoms with van der Waals surface area (Å²) in [4.78, 5) is 14.7. The Morgan fingerprint density at radius 3 is 1.62 bits per heavy atom. The molecule has 0 N–H and O–H groups in total. The molecule has 0 radical (unpaired) electrons. The van der Waals surface area contributed by atoms with Gasteiger partial charge in [-0.2, -0.15) is 0 Å². The average Bonchev–Trinajstić information content (AvgIpc) is 3.33. The maximum Gasteiger partial charge on any atom is 0.160 e. The van der Waals surface area contributed by atoms with Crippen molar-refractivity contribution in [3.8, 4) is 67.3 Å². The molecule has 0 aliphatic carbocycles. The van der Waals surface area contributed by atoms with Crippen LogP contribution < -0.4 is 0 Å². The van der Waals surface area contributed by atoms with Gasteiger partial charge >= 0.3 is 0 Å². The van der Waals surface area contributed by atoms with Crippen LogP contribution in [-0.2, 0) is 0 Å². The van der Waals surface area contributed by atoms with Crippen LogP contribution in [0.1, 0.15) is 0 Å². The van der Waals surface area contributed by atoms with E-state index in [0.717, 1.165) is 44.8 Å². The van der Waals surface area contributed by atoms with Crippen LogP contribution in [-0.4, -0.2) is 15.0 Å². The highest BCUT2D eigenvalue weighted by Gasteiger charge is 2.18. The molecule has 0 aliphatic heterocycles. The minimum Gasteiger partial charge on any atom is -0.265 e. The highest BCUT2D eigenvalue weighted by atomic mass is 14.9. The summed E-state index contributed by atoms with van der Waals surface area (Å²) >= 11 is 0.